The lowest BCUT2D eigenvalue weighted by molar-refractivity contribution is 0.436. The second-order valence-corrected chi connectivity index (χ2v) is 17.5. The van der Waals surface area contributed by atoms with Crippen molar-refractivity contribution in [1.29, 1.82) is 0 Å². The molecule has 0 saturated heterocycles. The Kier molecular flexibility index (Phi) is 7.07. The maximum absolute atomic E-state index is 7.76. The molecule has 7 heterocycles. The summed E-state index contributed by atoms with van der Waals surface area (Å²) in [6, 6.07) is 62.1. The predicted molar refractivity (Wildman–Crippen MR) is 266 cm³/mol. The van der Waals surface area contributed by atoms with E-state index in [9.17, 15) is 0 Å². The van der Waals surface area contributed by atoms with Gasteiger partial charge in [0.05, 0.1) is 74.6 Å². The molecule has 1 spiro atoms. The molecule has 0 fully saturated rings. The van der Waals surface area contributed by atoms with Crippen LogP contribution in [0.1, 0.15) is 22.3 Å². The first-order valence-corrected chi connectivity index (χ1v) is 22.4. The van der Waals surface area contributed by atoms with Crippen LogP contribution < -0.4 is 4.74 Å². The third-order valence-electron chi connectivity index (χ3n) is 14.3. The van der Waals surface area contributed by atoms with E-state index in [1.165, 1.54) is 10.8 Å². The Hall–Kier alpha value is -9.32. The molecule has 1 atom stereocenters. The first-order valence-electron chi connectivity index (χ1n) is 22.4. The number of rotatable bonds is 3. The number of pyridine rings is 3. The van der Waals surface area contributed by atoms with Crippen LogP contribution in [0.25, 0.3) is 98.7 Å². The van der Waals surface area contributed by atoms with Gasteiger partial charge in [-0.2, -0.15) is 0 Å². The van der Waals surface area contributed by atoms with Crippen LogP contribution >= 0.6 is 0 Å². The van der Waals surface area contributed by atoms with Gasteiger partial charge in [-0.25, -0.2) is 4.85 Å². The van der Waals surface area contributed by atoms with Gasteiger partial charge in [-0.05, 0) is 89.8 Å². The van der Waals surface area contributed by atoms with Gasteiger partial charge in [0.15, 0.2) is 5.69 Å². The maximum atomic E-state index is 7.76. The van der Waals surface area contributed by atoms with E-state index in [1.807, 2.05) is 49.1 Å². The molecule has 1 aliphatic carbocycles. The topological polar surface area (TPSA) is 67.1 Å². The van der Waals surface area contributed by atoms with Gasteiger partial charge in [-0.15, -0.1) is 0 Å². The van der Waals surface area contributed by atoms with Gasteiger partial charge in [-0.3, -0.25) is 15.0 Å². The number of hydrogen-bond acceptors (Lipinski definition) is 4. The second-order valence-electron chi connectivity index (χ2n) is 17.5. The predicted octanol–water partition coefficient (Wildman–Crippen LogP) is 14.2. The standard InChI is InChI=1S/C59H33N7O/c1-60-35-20-24-52-43(29-35)40-12-3-8-18-51(40)66(52)38-31-48-58(63-33-38)57-47(15-10-27-62-57)59(48)45-14-5-9-19-55(45)67-56-32-37(21-23-46(56)59)64-50-17-7-4-13-41(50)44-30-36(22-25-53(44)64)65-49-16-6-2-11-39(49)42-26-28-61-34-54(42)65/h2-34H. The van der Waals surface area contributed by atoms with Gasteiger partial charge in [0.1, 0.15) is 11.5 Å². The van der Waals surface area contributed by atoms with Gasteiger partial charge in [0.2, 0.25) is 0 Å². The van der Waals surface area contributed by atoms with Crippen molar-refractivity contribution in [1.82, 2.24) is 28.7 Å². The van der Waals surface area contributed by atoms with Crippen molar-refractivity contribution >= 4 is 71.1 Å². The number of para-hydroxylation sites is 4. The lowest BCUT2D eigenvalue weighted by Crippen LogP contribution is -2.32. The van der Waals surface area contributed by atoms with E-state index in [-0.39, 0.29) is 0 Å². The van der Waals surface area contributed by atoms with Crippen LogP contribution in [0.5, 0.6) is 11.5 Å². The molecule has 0 radical (unpaired) electrons. The highest BCUT2D eigenvalue weighted by atomic mass is 16.5. The van der Waals surface area contributed by atoms with Crippen molar-refractivity contribution in [2.75, 3.05) is 0 Å². The summed E-state index contributed by atoms with van der Waals surface area (Å²) in [6.07, 6.45) is 7.66. The molecule has 7 aromatic carbocycles. The molecule has 0 N–H and O–H groups in total. The van der Waals surface area contributed by atoms with Crippen molar-refractivity contribution in [2.24, 2.45) is 0 Å². The Balaban J connectivity index is 0.958. The molecule has 8 nitrogen and oxygen atoms in total. The molecular formula is C59H33N7O. The Labute approximate surface area is 382 Å². The molecular weight excluding hydrogens is 823 g/mol. The summed E-state index contributed by atoms with van der Waals surface area (Å²) in [7, 11) is 0. The fourth-order valence-electron chi connectivity index (χ4n) is 11.6. The highest BCUT2D eigenvalue weighted by molar-refractivity contribution is 6.13. The van der Waals surface area contributed by atoms with Crippen LogP contribution in [-0.2, 0) is 5.41 Å². The van der Waals surface area contributed by atoms with Gasteiger partial charge < -0.3 is 18.4 Å². The summed E-state index contributed by atoms with van der Waals surface area (Å²) in [5, 5.41) is 6.82. The minimum Gasteiger partial charge on any atom is -0.457 e. The molecule has 1 aliphatic heterocycles. The van der Waals surface area contributed by atoms with E-state index in [2.05, 4.69) is 175 Å². The zero-order chi connectivity index (χ0) is 44.0. The van der Waals surface area contributed by atoms with Crippen LogP contribution in [-0.4, -0.2) is 28.7 Å². The summed E-state index contributed by atoms with van der Waals surface area (Å²) < 4.78 is 14.0. The van der Waals surface area contributed by atoms with E-state index >= 15 is 0 Å². The normalized spacial score (nSPS) is 14.7. The molecule has 6 aromatic heterocycles. The Bertz CT molecular complexity index is 4300. The lowest BCUT2D eigenvalue weighted by atomic mass is 9.66. The molecule has 13 aromatic rings. The molecule has 0 bridgehead atoms. The summed E-state index contributed by atoms with van der Waals surface area (Å²) in [5.41, 5.74) is 15.2. The zero-order valence-electron chi connectivity index (χ0n) is 35.6. The van der Waals surface area contributed by atoms with Crippen molar-refractivity contribution < 1.29 is 4.74 Å². The maximum Gasteiger partial charge on any atom is 0.188 e. The quantitative estimate of drug-likeness (QED) is 0.166. The molecule has 310 valence electrons. The van der Waals surface area contributed by atoms with Crippen molar-refractivity contribution in [3.8, 4) is 39.9 Å². The van der Waals surface area contributed by atoms with Crippen molar-refractivity contribution in [2.45, 2.75) is 5.41 Å². The van der Waals surface area contributed by atoms with Crippen LogP contribution in [0.2, 0.25) is 0 Å². The van der Waals surface area contributed by atoms with Gasteiger partial charge >= 0.3 is 0 Å². The fourth-order valence-corrected chi connectivity index (χ4v) is 11.6. The third-order valence-corrected chi connectivity index (χ3v) is 14.3. The molecule has 0 saturated carbocycles. The Morgan fingerprint density at radius 2 is 0.985 bits per heavy atom. The zero-order valence-corrected chi connectivity index (χ0v) is 35.6. The van der Waals surface area contributed by atoms with Crippen LogP contribution in [0, 0.1) is 6.57 Å². The number of fused-ring (bicyclic) bond motifs is 18. The Morgan fingerprint density at radius 3 is 1.78 bits per heavy atom. The van der Waals surface area contributed by atoms with Crippen LogP contribution in [0.3, 0.4) is 0 Å². The van der Waals surface area contributed by atoms with Gasteiger partial charge in [-0.1, -0.05) is 91.0 Å². The molecule has 1 unspecified atom stereocenters. The number of nitrogens with zero attached hydrogens (tertiary/aromatic N) is 7. The fraction of sp³-hybridized carbons (Fsp3) is 0.0169. The average molecular weight is 856 g/mol. The molecule has 0 amide bonds. The van der Waals surface area contributed by atoms with Crippen molar-refractivity contribution in [3.63, 3.8) is 0 Å². The molecule has 2 aliphatic rings. The molecule has 15 rings (SSSR count). The highest BCUT2D eigenvalue weighted by Gasteiger charge is 2.52. The van der Waals surface area contributed by atoms with Gasteiger partial charge in [0.25, 0.3) is 0 Å². The minimum atomic E-state index is -0.798. The van der Waals surface area contributed by atoms with Crippen molar-refractivity contribution in [3.05, 3.63) is 234 Å². The minimum absolute atomic E-state index is 0.612. The Morgan fingerprint density at radius 1 is 0.403 bits per heavy atom. The molecule has 67 heavy (non-hydrogen) atoms. The summed E-state index contributed by atoms with van der Waals surface area (Å²) in [6.45, 7) is 7.76. The van der Waals surface area contributed by atoms with E-state index in [0.717, 1.165) is 117 Å². The third kappa shape index (κ3) is 4.66. The summed E-state index contributed by atoms with van der Waals surface area (Å²) >= 11 is 0. The highest BCUT2D eigenvalue weighted by Crippen LogP contribution is 2.62. The summed E-state index contributed by atoms with van der Waals surface area (Å²) in [5.74, 6) is 1.56. The number of aromatic nitrogens is 6. The lowest BCUT2D eigenvalue weighted by Gasteiger charge is -2.39. The van der Waals surface area contributed by atoms with E-state index in [0.29, 0.717) is 5.69 Å². The smallest absolute Gasteiger partial charge is 0.188 e. The van der Waals surface area contributed by atoms with E-state index in [1.54, 1.807) is 0 Å². The van der Waals surface area contributed by atoms with Crippen LogP contribution in [0.15, 0.2) is 201 Å². The molecule has 8 heteroatoms. The first-order chi connectivity index (χ1) is 33.2. The van der Waals surface area contributed by atoms with Crippen LogP contribution in [0.4, 0.5) is 5.69 Å². The van der Waals surface area contributed by atoms with Gasteiger partial charge in [0, 0.05) is 73.5 Å². The SMILES string of the molecule is [C-]#[N+]c1ccc2c(c1)c1ccccc1n2-c1cnc2c(c1)C1(c3ccccc3Oc3cc(-n4c5ccccc5c5cc(-n6c7ccccc7c7ccncc76)ccc54)ccc31)c1cccnc1-2. The largest absolute Gasteiger partial charge is 0.457 e. The monoisotopic (exact) mass is 855 g/mol. The first kappa shape index (κ1) is 36.1. The van der Waals surface area contributed by atoms with E-state index in [4.69, 9.17) is 21.3 Å². The van der Waals surface area contributed by atoms with E-state index < -0.39 is 5.41 Å². The average Bonchev–Trinajstić information content (AvgIpc) is 4.10. The summed E-state index contributed by atoms with van der Waals surface area (Å²) in [4.78, 5) is 18.7. The number of hydrogen-bond donors (Lipinski definition) is 0. The number of benzene rings is 7. The second kappa shape index (κ2) is 13.1. The number of ether oxygens (including phenoxy) is 1.